The van der Waals surface area contributed by atoms with Crippen molar-refractivity contribution in [2.45, 2.75) is 12.8 Å². The third-order valence-electron chi connectivity index (χ3n) is 4.62. The van der Waals surface area contributed by atoms with Gasteiger partial charge in [0.2, 0.25) is 6.79 Å². The van der Waals surface area contributed by atoms with Gasteiger partial charge in [-0.05, 0) is 49.2 Å². The van der Waals surface area contributed by atoms with Gasteiger partial charge in [-0.1, -0.05) is 11.6 Å². The molecule has 2 aromatic rings. The molecule has 146 valence electrons. The van der Waals surface area contributed by atoms with Crippen LogP contribution in [0.25, 0.3) is 0 Å². The molecule has 28 heavy (non-hydrogen) atoms. The second kappa shape index (κ2) is 7.98. The lowest BCUT2D eigenvalue weighted by Gasteiger charge is -2.17. The number of nitrogens with zero attached hydrogens (tertiary/aromatic N) is 1. The average molecular weight is 403 g/mol. The minimum atomic E-state index is -0.667. The van der Waals surface area contributed by atoms with Crippen LogP contribution in [0.1, 0.15) is 23.2 Å². The zero-order valence-electron chi connectivity index (χ0n) is 15.1. The first-order chi connectivity index (χ1) is 13.6. The summed E-state index contributed by atoms with van der Waals surface area (Å²) < 4.78 is 15.5. The van der Waals surface area contributed by atoms with Gasteiger partial charge in [0.25, 0.3) is 5.91 Å². The van der Waals surface area contributed by atoms with Gasteiger partial charge in [-0.25, -0.2) is 4.79 Å². The highest BCUT2D eigenvalue weighted by molar-refractivity contribution is 6.32. The SMILES string of the molecule is O=C(COC(=O)c1cc(Cl)c2c(c1)OCO2)Nc1ccc(N2CCCC2)cc1. The molecular weight excluding hydrogens is 384 g/mol. The summed E-state index contributed by atoms with van der Waals surface area (Å²) in [7, 11) is 0. The molecule has 0 saturated carbocycles. The smallest absolute Gasteiger partial charge is 0.338 e. The number of anilines is 2. The lowest BCUT2D eigenvalue weighted by molar-refractivity contribution is -0.119. The van der Waals surface area contributed by atoms with Gasteiger partial charge in [-0.3, -0.25) is 4.79 Å². The summed E-state index contributed by atoms with van der Waals surface area (Å²) in [5, 5.41) is 2.97. The molecule has 0 aliphatic carbocycles. The first-order valence-electron chi connectivity index (χ1n) is 9.01. The Morgan fingerprint density at radius 1 is 1.11 bits per heavy atom. The van der Waals surface area contributed by atoms with Crippen molar-refractivity contribution in [3.8, 4) is 11.5 Å². The molecule has 2 heterocycles. The molecule has 0 atom stereocenters. The summed E-state index contributed by atoms with van der Waals surface area (Å²) in [4.78, 5) is 26.6. The highest BCUT2D eigenvalue weighted by Gasteiger charge is 2.21. The van der Waals surface area contributed by atoms with E-state index < -0.39 is 18.5 Å². The van der Waals surface area contributed by atoms with Crippen molar-refractivity contribution in [2.75, 3.05) is 36.7 Å². The van der Waals surface area contributed by atoms with Crippen LogP contribution in [0.15, 0.2) is 36.4 Å². The van der Waals surface area contributed by atoms with Crippen LogP contribution in [0.4, 0.5) is 11.4 Å². The van der Waals surface area contributed by atoms with Crippen molar-refractivity contribution < 1.29 is 23.8 Å². The van der Waals surface area contributed by atoms with E-state index in [0.29, 0.717) is 17.2 Å². The van der Waals surface area contributed by atoms with Gasteiger partial charge in [-0.2, -0.15) is 0 Å². The van der Waals surface area contributed by atoms with Crippen molar-refractivity contribution >= 4 is 34.9 Å². The second-order valence-corrected chi connectivity index (χ2v) is 6.96. The van der Waals surface area contributed by atoms with E-state index in [1.165, 1.54) is 25.0 Å². The maximum atomic E-state index is 12.2. The number of ether oxygens (including phenoxy) is 3. The Morgan fingerprint density at radius 2 is 1.86 bits per heavy atom. The molecular formula is C20H19ClN2O5. The highest BCUT2D eigenvalue weighted by atomic mass is 35.5. The largest absolute Gasteiger partial charge is 0.454 e. The van der Waals surface area contributed by atoms with Gasteiger partial charge in [0.05, 0.1) is 10.6 Å². The summed E-state index contributed by atoms with van der Waals surface area (Å²) in [6, 6.07) is 10.5. The zero-order valence-corrected chi connectivity index (χ0v) is 15.8. The van der Waals surface area contributed by atoms with Crippen LogP contribution >= 0.6 is 11.6 Å². The molecule has 2 aromatic carbocycles. The fourth-order valence-corrected chi connectivity index (χ4v) is 3.49. The first-order valence-corrected chi connectivity index (χ1v) is 9.39. The predicted molar refractivity (Wildman–Crippen MR) is 104 cm³/mol. The molecule has 1 fully saturated rings. The number of fused-ring (bicyclic) bond motifs is 1. The Morgan fingerprint density at radius 3 is 2.61 bits per heavy atom. The van der Waals surface area contributed by atoms with Crippen LogP contribution in [-0.4, -0.2) is 38.4 Å². The standard InChI is InChI=1S/C20H19ClN2O5/c21-16-9-13(10-17-19(16)28-12-27-17)20(25)26-11-18(24)22-14-3-5-15(6-4-14)23-7-1-2-8-23/h3-6,9-10H,1-2,7-8,11-12H2,(H,22,24). The van der Waals surface area contributed by atoms with Gasteiger partial charge in [0, 0.05) is 24.5 Å². The van der Waals surface area contributed by atoms with Gasteiger partial charge < -0.3 is 24.4 Å². The molecule has 1 saturated heterocycles. The molecule has 2 aliphatic rings. The van der Waals surface area contributed by atoms with Crippen molar-refractivity contribution in [3.05, 3.63) is 47.0 Å². The number of amides is 1. The maximum Gasteiger partial charge on any atom is 0.338 e. The molecule has 8 heteroatoms. The van der Waals surface area contributed by atoms with E-state index in [-0.39, 0.29) is 17.4 Å². The Kier molecular flexibility index (Phi) is 5.25. The van der Waals surface area contributed by atoms with Crippen LogP contribution in [0.3, 0.4) is 0 Å². The Balaban J connectivity index is 1.30. The van der Waals surface area contributed by atoms with Crippen LogP contribution in [-0.2, 0) is 9.53 Å². The van der Waals surface area contributed by atoms with E-state index in [1.807, 2.05) is 24.3 Å². The fourth-order valence-electron chi connectivity index (χ4n) is 3.23. The highest BCUT2D eigenvalue weighted by Crippen LogP contribution is 2.39. The van der Waals surface area contributed by atoms with E-state index in [0.717, 1.165) is 18.8 Å². The van der Waals surface area contributed by atoms with Crippen LogP contribution in [0, 0.1) is 0 Å². The summed E-state index contributed by atoms with van der Waals surface area (Å²) in [6.45, 7) is 1.77. The van der Waals surface area contributed by atoms with Crippen molar-refractivity contribution in [1.82, 2.24) is 0 Å². The molecule has 0 aromatic heterocycles. The number of rotatable bonds is 5. The number of nitrogens with one attached hydrogen (secondary N) is 1. The third kappa shape index (κ3) is 3.99. The van der Waals surface area contributed by atoms with Crippen molar-refractivity contribution in [1.29, 1.82) is 0 Å². The first kappa shape index (κ1) is 18.4. The van der Waals surface area contributed by atoms with Gasteiger partial charge in [0.1, 0.15) is 0 Å². The van der Waals surface area contributed by atoms with E-state index in [2.05, 4.69) is 10.2 Å². The number of benzene rings is 2. The summed E-state index contributed by atoms with van der Waals surface area (Å²) in [5.74, 6) is -0.316. The minimum absolute atomic E-state index is 0.0481. The third-order valence-corrected chi connectivity index (χ3v) is 4.90. The average Bonchev–Trinajstić information content (AvgIpc) is 3.38. The molecule has 0 unspecified atom stereocenters. The summed E-state index contributed by atoms with van der Waals surface area (Å²) in [6.07, 6.45) is 2.41. The van der Waals surface area contributed by atoms with E-state index in [9.17, 15) is 9.59 Å². The van der Waals surface area contributed by atoms with E-state index >= 15 is 0 Å². The Hall–Kier alpha value is -2.93. The molecule has 7 nitrogen and oxygen atoms in total. The molecule has 0 spiro atoms. The molecule has 2 aliphatic heterocycles. The molecule has 4 rings (SSSR count). The maximum absolute atomic E-state index is 12.2. The van der Waals surface area contributed by atoms with Crippen molar-refractivity contribution in [2.24, 2.45) is 0 Å². The zero-order chi connectivity index (χ0) is 19.5. The number of hydrogen-bond donors (Lipinski definition) is 1. The van der Waals surface area contributed by atoms with Crippen molar-refractivity contribution in [3.63, 3.8) is 0 Å². The minimum Gasteiger partial charge on any atom is -0.454 e. The molecule has 0 bridgehead atoms. The Labute approximate surface area is 167 Å². The molecule has 1 N–H and O–H groups in total. The lowest BCUT2D eigenvalue weighted by Crippen LogP contribution is -2.21. The number of carbonyl (C=O) groups is 2. The second-order valence-electron chi connectivity index (χ2n) is 6.56. The molecule has 1 amide bonds. The summed E-state index contributed by atoms with van der Waals surface area (Å²) >= 11 is 6.05. The predicted octanol–water partition coefficient (Wildman–Crippen LogP) is 3.46. The number of carbonyl (C=O) groups excluding carboxylic acids is 2. The number of hydrogen-bond acceptors (Lipinski definition) is 6. The summed E-state index contributed by atoms with van der Waals surface area (Å²) in [5.41, 5.74) is 1.98. The molecule has 0 radical (unpaired) electrons. The fraction of sp³-hybridized carbons (Fsp3) is 0.300. The van der Waals surface area contributed by atoms with Crippen LogP contribution in [0.5, 0.6) is 11.5 Å². The number of halogens is 1. The Bertz CT molecular complexity index is 894. The normalized spacial score (nSPS) is 14.8. The van der Waals surface area contributed by atoms with Gasteiger partial charge >= 0.3 is 5.97 Å². The number of esters is 1. The van der Waals surface area contributed by atoms with E-state index in [1.54, 1.807) is 0 Å². The van der Waals surface area contributed by atoms with Gasteiger partial charge in [0.15, 0.2) is 18.1 Å². The van der Waals surface area contributed by atoms with Gasteiger partial charge in [-0.15, -0.1) is 0 Å². The quantitative estimate of drug-likeness (QED) is 0.772. The van der Waals surface area contributed by atoms with Crippen LogP contribution in [0.2, 0.25) is 5.02 Å². The monoisotopic (exact) mass is 402 g/mol. The lowest BCUT2D eigenvalue weighted by atomic mass is 10.2. The van der Waals surface area contributed by atoms with Crippen LogP contribution < -0.4 is 19.7 Å². The topological polar surface area (TPSA) is 77.1 Å². The van der Waals surface area contributed by atoms with E-state index in [4.69, 9.17) is 25.8 Å².